The molecule has 0 bridgehead atoms. The molecule has 1 fully saturated rings. The van der Waals surface area contributed by atoms with Gasteiger partial charge in [-0.25, -0.2) is 4.98 Å². The van der Waals surface area contributed by atoms with Crippen molar-refractivity contribution in [1.82, 2.24) is 14.8 Å². The maximum absolute atomic E-state index is 13.5. The standard InChI is InChI=1S/C27H30N4O2S/c1-19-10-12-21(13-11-19)25(32)29-27-28-24-22(8-5-9-23(24)34-27)26(33)31-16-14-30(15-17-31)18-20-6-3-2-4-7-20/h2-4,6-7,10-13,22H,5,8-9,14-18H2,1H3,(H,28,29,32). The molecule has 2 aliphatic rings. The molecule has 3 aromatic rings. The number of carbonyl (C=O) groups is 2. The lowest BCUT2D eigenvalue weighted by Gasteiger charge is -2.37. The van der Waals surface area contributed by atoms with E-state index in [1.165, 1.54) is 16.9 Å². The Labute approximate surface area is 204 Å². The minimum atomic E-state index is -0.203. The molecule has 1 aliphatic heterocycles. The highest BCUT2D eigenvalue weighted by Gasteiger charge is 2.34. The summed E-state index contributed by atoms with van der Waals surface area (Å²) < 4.78 is 0. The van der Waals surface area contributed by atoms with Crippen LogP contribution in [-0.2, 0) is 17.8 Å². The van der Waals surface area contributed by atoms with Crippen LogP contribution in [0, 0.1) is 6.92 Å². The van der Waals surface area contributed by atoms with Gasteiger partial charge in [0.05, 0.1) is 11.6 Å². The molecule has 2 amide bonds. The fourth-order valence-electron chi connectivity index (χ4n) is 4.77. The second-order valence-electron chi connectivity index (χ2n) is 9.18. The molecule has 5 rings (SSSR count). The first-order valence-electron chi connectivity index (χ1n) is 12.0. The maximum atomic E-state index is 13.5. The fourth-order valence-corrected chi connectivity index (χ4v) is 5.83. The number of amides is 2. The molecule has 1 aromatic heterocycles. The molecule has 7 heteroatoms. The number of nitrogens with zero attached hydrogens (tertiary/aromatic N) is 3. The van der Waals surface area contributed by atoms with E-state index in [0.717, 1.165) is 68.1 Å². The van der Waals surface area contributed by atoms with Gasteiger partial charge in [0.1, 0.15) is 0 Å². The number of carbonyl (C=O) groups excluding carboxylic acids is 2. The molecule has 1 aliphatic carbocycles. The van der Waals surface area contributed by atoms with E-state index in [2.05, 4.69) is 34.5 Å². The summed E-state index contributed by atoms with van der Waals surface area (Å²) in [6.07, 6.45) is 2.72. The Hall–Kier alpha value is -3.03. The zero-order valence-corrected chi connectivity index (χ0v) is 20.3. The average Bonchev–Trinajstić information content (AvgIpc) is 3.27. The summed E-state index contributed by atoms with van der Waals surface area (Å²) in [7, 11) is 0. The first-order valence-corrected chi connectivity index (χ1v) is 12.8. The maximum Gasteiger partial charge on any atom is 0.257 e. The highest BCUT2D eigenvalue weighted by molar-refractivity contribution is 7.16. The highest BCUT2D eigenvalue weighted by atomic mass is 32.1. The molecule has 0 saturated carbocycles. The topological polar surface area (TPSA) is 65.5 Å². The van der Waals surface area contributed by atoms with Crippen molar-refractivity contribution in [3.63, 3.8) is 0 Å². The summed E-state index contributed by atoms with van der Waals surface area (Å²) in [5, 5.41) is 3.53. The van der Waals surface area contributed by atoms with E-state index in [-0.39, 0.29) is 17.7 Å². The number of aryl methyl sites for hydroxylation is 2. The Morgan fingerprint density at radius 2 is 1.76 bits per heavy atom. The molecule has 0 spiro atoms. The molecule has 1 saturated heterocycles. The number of piperazine rings is 1. The highest BCUT2D eigenvalue weighted by Crippen LogP contribution is 2.38. The molecule has 6 nitrogen and oxygen atoms in total. The summed E-state index contributed by atoms with van der Waals surface area (Å²) in [5.41, 5.74) is 3.90. The van der Waals surface area contributed by atoms with E-state index in [1.807, 2.05) is 42.2 Å². The van der Waals surface area contributed by atoms with Gasteiger partial charge in [0, 0.05) is 43.2 Å². The van der Waals surface area contributed by atoms with Crippen LogP contribution in [0.4, 0.5) is 5.13 Å². The number of aromatic nitrogens is 1. The van der Waals surface area contributed by atoms with Gasteiger partial charge in [-0.2, -0.15) is 0 Å². The lowest BCUT2D eigenvalue weighted by atomic mass is 9.89. The molecule has 34 heavy (non-hydrogen) atoms. The number of nitrogens with one attached hydrogen (secondary N) is 1. The van der Waals surface area contributed by atoms with Gasteiger partial charge < -0.3 is 4.90 Å². The number of thiazole rings is 1. The van der Waals surface area contributed by atoms with Crippen molar-refractivity contribution in [1.29, 1.82) is 0 Å². The summed E-state index contributed by atoms with van der Waals surface area (Å²) >= 11 is 1.51. The van der Waals surface area contributed by atoms with E-state index in [0.29, 0.717) is 10.7 Å². The Morgan fingerprint density at radius 1 is 1.03 bits per heavy atom. The van der Waals surface area contributed by atoms with Crippen molar-refractivity contribution in [3.05, 3.63) is 81.9 Å². The Kier molecular flexibility index (Phi) is 6.74. The lowest BCUT2D eigenvalue weighted by molar-refractivity contribution is -0.135. The summed E-state index contributed by atoms with van der Waals surface area (Å²) in [6.45, 7) is 6.19. The second kappa shape index (κ2) is 10.1. The van der Waals surface area contributed by atoms with Gasteiger partial charge >= 0.3 is 0 Å². The quantitative estimate of drug-likeness (QED) is 0.593. The summed E-state index contributed by atoms with van der Waals surface area (Å²) in [4.78, 5) is 36.4. The van der Waals surface area contributed by atoms with E-state index in [1.54, 1.807) is 0 Å². The Bertz CT molecular complexity index is 1150. The van der Waals surface area contributed by atoms with Crippen molar-refractivity contribution in [3.8, 4) is 0 Å². The van der Waals surface area contributed by atoms with Gasteiger partial charge in [0.25, 0.3) is 5.91 Å². The third-order valence-electron chi connectivity index (χ3n) is 6.72. The molecular formula is C27H30N4O2S. The molecule has 0 radical (unpaired) electrons. The summed E-state index contributed by atoms with van der Waals surface area (Å²) in [6, 6.07) is 18.0. The fraction of sp³-hybridized carbons (Fsp3) is 0.370. The Balaban J connectivity index is 1.22. The number of fused-ring (bicyclic) bond motifs is 1. The molecule has 2 aromatic carbocycles. The minimum Gasteiger partial charge on any atom is -0.340 e. The lowest BCUT2D eigenvalue weighted by Crippen LogP contribution is -2.49. The van der Waals surface area contributed by atoms with Crippen LogP contribution >= 0.6 is 11.3 Å². The van der Waals surface area contributed by atoms with E-state index >= 15 is 0 Å². The normalized spacial score (nSPS) is 18.4. The molecule has 1 N–H and O–H groups in total. The van der Waals surface area contributed by atoms with E-state index in [9.17, 15) is 9.59 Å². The SMILES string of the molecule is Cc1ccc(C(=O)Nc2nc3c(s2)CCCC3C(=O)N2CCN(Cc3ccccc3)CC2)cc1. The van der Waals surface area contributed by atoms with E-state index in [4.69, 9.17) is 4.98 Å². The van der Waals surface area contributed by atoms with Crippen molar-refractivity contribution >= 4 is 28.3 Å². The van der Waals surface area contributed by atoms with Gasteiger partial charge in [0.15, 0.2) is 5.13 Å². The summed E-state index contributed by atoms with van der Waals surface area (Å²) in [5.74, 6) is -0.184. The third kappa shape index (κ3) is 5.05. The van der Waals surface area contributed by atoms with Gasteiger partial charge in [-0.15, -0.1) is 11.3 Å². The number of rotatable bonds is 5. The smallest absolute Gasteiger partial charge is 0.257 e. The predicted molar refractivity (Wildman–Crippen MR) is 135 cm³/mol. The van der Waals surface area contributed by atoms with Crippen molar-refractivity contribution in [2.45, 2.75) is 38.6 Å². The van der Waals surface area contributed by atoms with Gasteiger partial charge in [-0.05, 0) is 43.9 Å². The zero-order chi connectivity index (χ0) is 23.5. The van der Waals surface area contributed by atoms with Crippen LogP contribution in [-0.4, -0.2) is 52.8 Å². The predicted octanol–water partition coefficient (Wildman–Crippen LogP) is 4.47. The van der Waals surface area contributed by atoms with Crippen molar-refractivity contribution in [2.24, 2.45) is 0 Å². The first-order chi connectivity index (χ1) is 16.6. The van der Waals surface area contributed by atoms with E-state index < -0.39 is 0 Å². The van der Waals surface area contributed by atoms with Crippen molar-refractivity contribution in [2.75, 3.05) is 31.5 Å². The minimum absolute atomic E-state index is 0.163. The Morgan fingerprint density at radius 3 is 2.50 bits per heavy atom. The largest absolute Gasteiger partial charge is 0.340 e. The number of hydrogen-bond donors (Lipinski definition) is 1. The van der Waals surface area contributed by atoms with Gasteiger partial charge in [-0.3, -0.25) is 19.8 Å². The molecule has 1 atom stereocenters. The number of benzene rings is 2. The molecule has 2 heterocycles. The number of anilines is 1. The van der Waals surface area contributed by atoms with Crippen LogP contribution < -0.4 is 5.32 Å². The van der Waals surface area contributed by atoms with Crippen LogP contribution in [0.5, 0.6) is 0 Å². The van der Waals surface area contributed by atoms with Crippen LogP contribution in [0.3, 0.4) is 0 Å². The van der Waals surface area contributed by atoms with Crippen molar-refractivity contribution < 1.29 is 9.59 Å². The zero-order valence-electron chi connectivity index (χ0n) is 19.5. The molecule has 176 valence electrons. The van der Waals surface area contributed by atoms with Gasteiger partial charge in [0.2, 0.25) is 5.91 Å². The first kappa shape index (κ1) is 22.7. The van der Waals surface area contributed by atoms with Crippen LogP contribution in [0.2, 0.25) is 0 Å². The van der Waals surface area contributed by atoms with Crippen LogP contribution in [0.15, 0.2) is 54.6 Å². The molecular weight excluding hydrogens is 444 g/mol. The molecule has 1 unspecified atom stereocenters. The second-order valence-corrected chi connectivity index (χ2v) is 10.3. The van der Waals surface area contributed by atoms with Crippen LogP contribution in [0.25, 0.3) is 0 Å². The number of hydrogen-bond acceptors (Lipinski definition) is 5. The average molecular weight is 475 g/mol. The third-order valence-corrected chi connectivity index (χ3v) is 7.77. The van der Waals surface area contributed by atoms with Crippen LogP contribution in [0.1, 0.15) is 50.8 Å². The monoisotopic (exact) mass is 474 g/mol. The van der Waals surface area contributed by atoms with Gasteiger partial charge in [-0.1, -0.05) is 48.0 Å².